The Morgan fingerprint density at radius 1 is 1.15 bits per heavy atom. The standard InChI is InChI=1S/C20H23N3O3/c1-4-23-17-8-6-5-7-16(17)22-19(23)13-21-20(24)11-14-9-10-15(25-2)12-18(14)26-3/h5-10,12H,4,11,13H2,1-3H3,(H,21,24). The van der Waals surface area contributed by atoms with Crippen molar-refractivity contribution in [1.82, 2.24) is 14.9 Å². The van der Waals surface area contributed by atoms with Crippen molar-refractivity contribution in [1.29, 1.82) is 0 Å². The smallest absolute Gasteiger partial charge is 0.224 e. The third-order valence-corrected chi connectivity index (χ3v) is 4.34. The van der Waals surface area contributed by atoms with Gasteiger partial charge in [-0.05, 0) is 25.1 Å². The van der Waals surface area contributed by atoms with Gasteiger partial charge in [0, 0.05) is 18.2 Å². The molecule has 1 N–H and O–H groups in total. The summed E-state index contributed by atoms with van der Waals surface area (Å²) in [5.74, 6) is 2.11. The second kappa shape index (κ2) is 7.91. The summed E-state index contributed by atoms with van der Waals surface area (Å²) in [4.78, 5) is 17.0. The molecule has 0 aliphatic heterocycles. The molecule has 0 atom stereocenters. The van der Waals surface area contributed by atoms with Gasteiger partial charge in [0.15, 0.2) is 0 Å². The van der Waals surface area contributed by atoms with Crippen LogP contribution in [0.1, 0.15) is 18.3 Å². The first-order chi connectivity index (χ1) is 12.7. The molecule has 1 heterocycles. The highest BCUT2D eigenvalue weighted by atomic mass is 16.5. The van der Waals surface area contributed by atoms with Crippen molar-refractivity contribution in [3.8, 4) is 11.5 Å². The minimum atomic E-state index is -0.0804. The monoisotopic (exact) mass is 353 g/mol. The summed E-state index contributed by atoms with van der Waals surface area (Å²) in [7, 11) is 3.18. The molecular weight excluding hydrogens is 330 g/mol. The van der Waals surface area contributed by atoms with Crippen molar-refractivity contribution >= 4 is 16.9 Å². The number of hydrogen-bond acceptors (Lipinski definition) is 4. The number of aryl methyl sites for hydroxylation is 1. The number of carbonyl (C=O) groups excluding carboxylic acids is 1. The molecule has 3 aromatic rings. The number of rotatable bonds is 7. The van der Waals surface area contributed by atoms with Gasteiger partial charge < -0.3 is 19.4 Å². The normalized spacial score (nSPS) is 10.7. The van der Waals surface area contributed by atoms with E-state index in [2.05, 4.69) is 21.8 Å². The zero-order chi connectivity index (χ0) is 18.5. The van der Waals surface area contributed by atoms with Crippen LogP contribution >= 0.6 is 0 Å². The molecule has 6 nitrogen and oxygen atoms in total. The first kappa shape index (κ1) is 17.8. The van der Waals surface area contributed by atoms with E-state index in [0.717, 1.165) is 29.0 Å². The van der Waals surface area contributed by atoms with Gasteiger partial charge in [0.2, 0.25) is 5.91 Å². The van der Waals surface area contributed by atoms with Crippen molar-refractivity contribution in [3.63, 3.8) is 0 Å². The van der Waals surface area contributed by atoms with Crippen LogP contribution in [0.25, 0.3) is 11.0 Å². The molecule has 0 saturated carbocycles. The molecule has 1 amide bonds. The summed E-state index contributed by atoms with van der Waals surface area (Å²) < 4.78 is 12.7. The van der Waals surface area contributed by atoms with E-state index in [-0.39, 0.29) is 12.3 Å². The number of imidazole rings is 1. The quantitative estimate of drug-likeness (QED) is 0.709. The van der Waals surface area contributed by atoms with E-state index in [4.69, 9.17) is 9.47 Å². The first-order valence-electron chi connectivity index (χ1n) is 8.58. The molecule has 3 rings (SSSR count). The van der Waals surface area contributed by atoms with Gasteiger partial charge in [0.25, 0.3) is 0 Å². The molecule has 136 valence electrons. The number of aromatic nitrogens is 2. The zero-order valence-corrected chi connectivity index (χ0v) is 15.3. The molecule has 0 aliphatic rings. The van der Waals surface area contributed by atoms with Crippen molar-refractivity contribution in [2.75, 3.05) is 14.2 Å². The second-order valence-electron chi connectivity index (χ2n) is 5.89. The van der Waals surface area contributed by atoms with Crippen molar-refractivity contribution < 1.29 is 14.3 Å². The lowest BCUT2D eigenvalue weighted by atomic mass is 10.1. The fourth-order valence-electron chi connectivity index (χ4n) is 3.02. The van der Waals surface area contributed by atoms with Crippen LogP contribution in [0.3, 0.4) is 0 Å². The van der Waals surface area contributed by atoms with Crippen LogP contribution in [-0.2, 0) is 24.3 Å². The van der Waals surface area contributed by atoms with Crippen LogP contribution in [0.4, 0.5) is 0 Å². The Labute approximate surface area is 152 Å². The van der Waals surface area contributed by atoms with Crippen molar-refractivity contribution in [2.45, 2.75) is 26.4 Å². The average molecular weight is 353 g/mol. The summed E-state index contributed by atoms with van der Waals surface area (Å²) in [6, 6.07) is 13.4. The van der Waals surface area contributed by atoms with E-state index in [1.807, 2.05) is 36.4 Å². The summed E-state index contributed by atoms with van der Waals surface area (Å²) in [6.07, 6.45) is 0.236. The number of para-hydroxylation sites is 2. The average Bonchev–Trinajstić information content (AvgIpc) is 3.04. The summed E-state index contributed by atoms with van der Waals surface area (Å²) >= 11 is 0. The molecule has 26 heavy (non-hydrogen) atoms. The highest BCUT2D eigenvalue weighted by Crippen LogP contribution is 2.25. The van der Waals surface area contributed by atoms with E-state index in [9.17, 15) is 4.79 Å². The summed E-state index contributed by atoms with van der Waals surface area (Å²) in [5.41, 5.74) is 2.83. The second-order valence-corrected chi connectivity index (χ2v) is 5.89. The maximum absolute atomic E-state index is 12.4. The predicted molar refractivity (Wildman–Crippen MR) is 101 cm³/mol. The molecule has 0 unspecified atom stereocenters. The van der Waals surface area contributed by atoms with Gasteiger partial charge in [-0.2, -0.15) is 0 Å². The van der Waals surface area contributed by atoms with E-state index < -0.39 is 0 Å². The Morgan fingerprint density at radius 3 is 2.69 bits per heavy atom. The number of ether oxygens (including phenoxy) is 2. The number of hydrogen-bond donors (Lipinski definition) is 1. The minimum absolute atomic E-state index is 0.0804. The topological polar surface area (TPSA) is 65.4 Å². The summed E-state index contributed by atoms with van der Waals surface area (Å²) in [6.45, 7) is 3.26. The van der Waals surface area contributed by atoms with Gasteiger partial charge in [-0.25, -0.2) is 4.98 Å². The molecule has 6 heteroatoms. The van der Waals surface area contributed by atoms with Crippen LogP contribution in [0.2, 0.25) is 0 Å². The van der Waals surface area contributed by atoms with Crippen LogP contribution in [-0.4, -0.2) is 29.7 Å². The number of nitrogens with zero attached hydrogens (tertiary/aromatic N) is 2. The van der Waals surface area contributed by atoms with Gasteiger partial charge in [-0.3, -0.25) is 4.79 Å². The van der Waals surface area contributed by atoms with Crippen LogP contribution in [0, 0.1) is 0 Å². The molecule has 1 aromatic heterocycles. The molecule has 0 radical (unpaired) electrons. The van der Waals surface area contributed by atoms with Crippen LogP contribution in [0.15, 0.2) is 42.5 Å². The molecular formula is C20H23N3O3. The fourth-order valence-corrected chi connectivity index (χ4v) is 3.02. The third-order valence-electron chi connectivity index (χ3n) is 4.34. The van der Waals surface area contributed by atoms with Gasteiger partial charge in [0.05, 0.1) is 38.2 Å². The van der Waals surface area contributed by atoms with Crippen molar-refractivity contribution in [3.05, 3.63) is 53.9 Å². The van der Waals surface area contributed by atoms with E-state index in [1.165, 1.54) is 0 Å². The lowest BCUT2D eigenvalue weighted by molar-refractivity contribution is -0.120. The Hall–Kier alpha value is -3.02. The van der Waals surface area contributed by atoms with E-state index in [1.54, 1.807) is 20.3 Å². The van der Waals surface area contributed by atoms with E-state index in [0.29, 0.717) is 18.0 Å². The zero-order valence-electron chi connectivity index (χ0n) is 15.3. The third kappa shape index (κ3) is 3.64. The van der Waals surface area contributed by atoms with Gasteiger partial charge in [0.1, 0.15) is 17.3 Å². The van der Waals surface area contributed by atoms with Gasteiger partial charge in [-0.1, -0.05) is 18.2 Å². The lowest BCUT2D eigenvalue weighted by Gasteiger charge is -2.11. The molecule has 0 aliphatic carbocycles. The van der Waals surface area contributed by atoms with Crippen molar-refractivity contribution in [2.24, 2.45) is 0 Å². The maximum Gasteiger partial charge on any atom is 0.224 e. The number of methoxy groups -OCH3 is 2. The molecule has 0 bridgehead atoms. The Morgan fingerprint density at radius 2 is 1.96 bits per heavy atom. The van der Waals surface area contributed by atoms with Gasteiger partial charge >= 0.3 is 0 Å². The number of benzene rings is 2. The lowest BCUT2D eigenvalue weighted by Crippen LogP contribution is -2.26. The van der Waals surface area contributed by atoms with Crippen LogP contribution < -0.4 is 14.8 Å². The number of amides is 1. The number of carbonyl (C=O) groups is 1. The largest absolute Gasteiger partial charge is 0.497 e. The highest BCUT2D eigenvalue weighted by Gasteiger charge is 2.13. The van der Waals surface area contributed by atoms with Gasteiger partial charge in [-0.15, -0.1) is 0 Å². The number of fused-ring (bicyclic) bond motifs is 1. The first-order valence-corrected chi connectivity index (χ1v) is 8.58. The molecule has 0 fully saturated rings. The highest BCUT2D eigenvalue weighted by molar-refractivity contribution is 5.80. The molecule has 0 spiro atoms. The number of nitrogens with one attached hydrogen (secondary N) is 1. The van der Waals surface area contributed by atoms with Crippen LogP contribution in [0.5, 0.6) is 11.5 Å². The maximum atomic E-state index is 12.4. The Kier molecular flexibility index (Phi) is 5.41. The summed E-state index contributed by atoms with van der Waals surface area (Å²) in [5, 5.41) is 2.95. The molecule has 0 saturated heterocycles. The minimum Gasteiger partial charge on any atom is -0.497 e. The Balaban J connectivity index is 1.70. The van der Waals surface area contributed by atoms with E-state index >= 15 is 0 Å². The molecule has 2 aromatic carbocycles. The predicted octanol–water partition coefficient (Wildman–Crippen LogP) is 2.93. The fraction of sp³-hybridized carbons (Fsp3) is 0.300. The SMILES string of the molecule is CCn1c(CNC(=O)Cc2ccc(OC)cc2OC)nc2ccccc21. The Bertz CT molecular complexity index is 918.